The Kier molecular flexibility index (Phi) is 13.0. The number of hydrogen-bond donors (Lipinski definition) is 0. The minimum atomic E-state index is 0.978. The smallest absolute Gasteiger partial charge is 0.0385 e. The van der Waals surface area contributed by atoms with E-state index < -0.39 is 0 Å². The maximum Gasteiger partial charge on any atom is 0.0385 e. The first-order valence-corrected chi connectivity index (χ1v) is 9.91. The second-order valence-electron chi connectivity index (χ2n) is 7.00. The molecule has 1 heterocycles. The fraction of sp³-hybridized carbons (Fsp3) is 0.950. The molecule has 0 N–H and O–H groups in total. The minimum Gasteiger partial charge on any atom is -0.298 e. The van der Waals surface area contributed by atoms with E-state index in [4.69, 9.17) is 0 Å². The van der Waals surface area contributed by atoms with E-state index in [1.165, 1.54) is 103 Å². The zero-order chi connectivity index (χ0) is 15.0. The van der Waals surface area contributed by atoms with Crippen LogP contribution in [0.15, 0.2) is 4.99 Å². The van der Waals surface area contributed by atoms with Crippen molar-refractivity contribution in [2.24, 2.45) is 10.9 Å². The van der Waals surface area contributed by atoms with Crippen molar-refractivity contribution >= 4 is 6.21 Å². The highest BCUT2D eigenvalue weighted by molar-refractivity contribution is 5.56. The summed E-state index contributed by atoms with van der Waals surface area (Å²) in [5, 5.41) is 0. The van der Waals surface area contributed by atoms with E-state index in [0.29, 0.717) is 0 Å². The average Bonchev–Trinajstić information content (AvgIpc) is 2.48. The van der Waals surface area contributed by atoms with Gasteiger partial charge in [0.1, 0.15) is 0 Å². The van der Waals surface area contributed by atoms with Gasteiger partial charge < -0.3 is 0 Å². The highest BCUT2D eigenvalue weighted by Gasteiger charge is 2.08. The predicted molar refractivity (Wildman–Crippen MR) is 96.4 cm³/mol. The molecule has 1 unspecified atom stereocenters. The van der Waals surface area contributed by atoms with Crippen LogP contribution < -0.4 is 0 Å². The molecule has 0 aromatic heterocycles. The number of aliphatic imine (C=N–C) groups is 1. The molecule has 0 radical (unpaired) electrons. The van der Waals surface area contributed by atoms with Crippen LogP contribution in [0.5, 0.6) is 0 Å². The predicted octanol–water partition coefficient (Wildman–Crippen LogP) is 6.95. The quantitative estimate of drug-likeness (QED) is 0.429. The molecule has 0 aromatic rings. The molecule has 0 saturated heterocycles. The van der Waals surface area contributed by atoms with Crippen LogP contribution in [0.2, 0.25) is 0 Å². The second-order valence-corrected chi connectivity index (χ2v) is 7.00. The Morgan fingerprint density at radius 2 is 1.52 bits per heavy atom. The summed E-state index contributed by atoms with van der Waals surface area (Å²) in [7, 11) is 0. The van der Waals surface area contributed by atoms with Crippen LogP contribution in [-0.4, -0.2) is 12.8 Å². The molecule has 1 nitrogen and oxygen atoms in total. The largest absolute Gasteiger partial charge is 0.298 e. The van der Waals surface area contributed by atoms with Crippen molar-refractivity contribution in [3.05, 3.63) is 0 Å². The molecule has 0 aromatic carbocycles. The van der Waals surface area contributed by atoms with Gasteiger partial charge in [-0.1, -0.05) is 90.4 Å². The molecular weight excluding hydrogens is 254 g/mol. The highest BCUT2D eigenvalue weighted by atomic mass is 14.7. The number of rotatable bonds is 8. The fourth-order valence-electron chi connectivity index (χ4n) is 3.48. The summed E-state index contributed by atoms with van der Waals surface area (Å²) in [5.41, 5.74) is 0. The van der Waals surface area contributed by atoms with E-state index in [1.54, 1.807) is 0 Å². The van der Waals surface area contributed by atoms with Crippen LogP contribution in [-0.2, 0) is 0 Å². The van der Waals surface area contributed by atoms with Crippen LogP contribution in [0.1, 0.15) is 110 Å². The van der Waals surface area contributed by atoms with Gasteiger partial charge in [-0.05, 0) is 31.4 Å². The number of unbranched alkanes of at least 4 members (excludes halogenated alkanes) is 6. The van der Waals surface area contributed by atoms with Gasteiger partial charge in [0.25, 0.3) is 0 Å². The molecule has 1 heteroatoms. The Balaban J connectivity index is 2.09. The molecule has 0 amide bonds. The molecule has 21 heavy (non-hydrogen) atoms. The Hall–Kier alpha value is -0.330. The summed E-state index contributed by atoms with van der Waals surface area (Å²) in [6.07, 6.45) is 24.9. The standard InChI is InChI=1S/C20H39N/c1-2-3-4-5-6-8-11-15-20-16-12-9-7-10-13-18-21-19-14-17-20/h19-20H,2-18H2,1H3. The Bertz CT molecular complexity index is 234. The van der Waals surface area contributed by atoms with Gasteiger partial charge in [-0.3, -0.25) is 4.99 Å². The summed E-state index contributed by atoms with van der Waals surface area (Å²) in [6, 6.07) is 0. The maximum atomic E-state index is 4.55. The first-order chi connectivity index (χ1) is 10.4. The molecular formula is C20H39N. The topological polar surface area (TPSA) is 12.4 Å². The number of hydrogen-bond acceptors (Lipinski definition) is 1. The van der Waals surface area contributed by atoms with Crippen molar-refractivity contribution in [2.45, 2.75) is 110 Å². The van der Waals surface area contributed by atoms with Crippen LogP contribution in [0, 0.1) is 5.92 Å². The summed E-state index contributed by atoms with van der Waals surface area (Å²) in [5.74, 6) is 0.978. The lowest BCUT2D eigenvalue weighted by atomic mass is 9.90. The summed E-state index contributed by atoms with van der Waals surface area (Å²) >= 11 is 0. The summed E-state index contributed by atoms with van der Waals surface area (Å²) in [6.45, 7) is 3.37. The van der Waals surface area contributed by atoms with Crippen molar-refractivity contribution in [3.8, 4) is 0 Å². The van der Waals surface area contributed by atoms with Crippen molar-refractivity contribution in [3.63, 3.8) is 0 Å². The normalized spacial score (nSPS) is 21.7. The molecule has 0 bridgehead atoms. The van der Waals surface area contributed by atoms with Gasteiger partial charge in [0.05, 0.1) is 0 Å². The van der Waals surface area contributed by atoms with E-state index in [0.717, 1.165) is 12.5 Å². The Morgan fingerprint density at radius 1 is 0.810 bits per heavy atom. The number of nitrogens with zero attached hydrogens (tertiary/aromatic N) is 1. The molecule has 1 aliphatic rings. The molecule has 0 aliphatic carbocycles. The lowest BCUT2D eigenvalue weighted by Gasteiger charge is -2.16. The summed E-state index contributed by atoms with van der Waals surface area (Å²) in [4.78, 5) is 4.55. The van der Waals surface area contributed by atoms with Gasteiger partial charge in [-0.2, -0.15) is 0 Å². The minimum absolute atomic E-state index is 0.978. The van der Waals surface area contributed by atoms with E-state index in [9.17, 15) is 0 Å². The van der Waals surface area contributed by atoms with Gasteiger partial charge in [0.15, 0.2) is 0 Å². The van der Waals surface area contributed by atoms with Gasteiger partial charge in [0.2, 0.25) is 0 Å². The van der Waals surface area contributed by atoms with Crippen LogP contribution >= 0.6 is 0 Å². The van der Waals surface area contributed by atoms with Gasteiger partial charge in [-0.25, -0.2) is 0 Å². The zero-order valence-electron chi connectivity index (χ0n) is 14.6. The van der Waals surface area contributed by atoms with Crippen LogP contribution in [0.3, 0.4) is 0 Å². The van der Waals surface area contributed by atoms with Crippen LogP contribution in [0.4, 0.5) is 0 Å². The second kappa shape index (κ2) is 14.6. The third-order valence-electron chi connectivity index (χ3n) is 4.95. The van der Waals surface area contributed by atoms with Gasteiger partial charge >= 0.3 is 0 Å². The zero-order valence-corrected chi connectivity index (χ0v) is 14.6. The molecule has 0 saturated carbocycles. The van der Waals surface area contributed by atoms with E-state index in [2.05, 4.69) is 18.1 Å². The molecule has 1 aliphatic heterocycles. The fourth-order valence-corrected chi connectivity index (χ4v) is 3.48. The highest BCUT2D eigenvalue weighted by Crippen LogP contribution is 2.23. The van der Waals surface area contributed by atoms with Crippen molar-refractivity contribution < 1.29 is 0 Å². The maximum absolute atomic E-state index is 4.55. The molecule has 0 fully saturated rings. The van der Waals surface area contributed by atoms with E-state index in [-0.39, 0.29) is 0 Å². The third kappa shape index (κ3) is 12.0. The monoisotopic (exact) mass is 293 g/mol. The lowest BCUT2D eigenvalue weighted by Crippen LogP contribution is -2.02. The molecule has 0 spiro atoms. The van der Waals surface area contributed by atoms with Crippen molar-refractivity contribution in [1.82, 2.24) is 0 Å². The summed E-state index contributed by atoms with van der Waals surface area (Å²) < 4.78 is 0. The first kappa shape index (κ1) is 18.7. The molecule has 1 atom stereocenters. The van der Waals surface area contributed by atoms with E-state index in [1.807, 2.05) is 0 Å². The van der Waals surface area contributed by atoms with Gasteiger partial charge in [0, 0.05) is 6.54 Å². The van der Waals surface area contributed by atoms with E-state index >= 15 is 0 Å². The van der Waals surface area contributed by atoms with Crippen molar-refractivity contribution in [1.29, 1.82) is 0 Å². The first-order valence-electron chi connectivity index (χ1n) is 9.91. The average molecular weight is 294 g/mol. The Labute approximate surface area is 134 Å². The lowest BCUT2D eigenvalue weighted by molar-refractivity contribution is 0.385. The van der Waals surface area contributed by atoms with Crippen LogP contribution in [0.25, 0.3) is 0 Å². The molecule has 1 rings (SSSR count). The van der Waals surface area contributed by atoms with Crippen molar-refractivity contribution in [2.75, 3.05) is 6.54 Å². The Morgan fingerprint density at radius 3 is 2.38 bits per heavy atom. The molecule has 124 valence electrons. The SMILES string of the molecule is CCCCCCCCCC1CCC=NCCCCCCC1. The van der Waals surface area contributed by atoms with Gasteiger partial charge in [-0.15, -0.1) is 0 Å². The third-order valence-corrected chi connectivity index (χ3v) is 4.95.